The van der Waals surface area contributed by atoms with Crippen molar-refractivity contribution >= 4 is 17.5 Å². The van der Waals surface area contributed by atoms with Gasteiger partial charge in [-0.15, -0.1) is 0 Å². The highest BCUT2D eigenvalue weighted by atomic mass is 16.4. The monoisotopic (exact) mass is 349 g/mol. The highest BCUT2D eigenvalue weighted by molar-refractivity contribution is 5.66. The largest absolute Gasteiger partial charge is 0.481 e. The molecule has 2 N–H and O–H groups in total. The molecule has 26 heavy (non-hydrogen) atoms. The Morgan fingerprint density at radius 3 is 2.46 bits per heavy atom. The van der Waals surface area contributed by atoms with Gasteiger partial charge in [-0.1, -0.05) is 18.2 Å². The van der Waals surface area contributed by atoms with Crippen LogP contribution in [-0.2, 0) is 11.2 Å². The first-order valence-corrected chi connectivity index (χ1v) is 8.73. The van der Waals surface area contributed by atoms with Gasteiger partial charge in [0.25, 0.3) is 0 Å². The van der Waals surface area contributed by atoms with E-state index in [-0.39, 0.29) is 6.42 Å². The summed E-state index contributed by atoms with van der Waals surface area (Å²) in [6.45, 7) is 4.13. The number of hydrogen-bond donors (Lipinski definition) is 2. The smallest absolute Gasteiger partial charge is 0.303 e. The van der Waals surface area contributed by atoms with Gasteiger partial charge < -0.3 is 10.4 Å². The molecule has 0 saturated carbocycles. The maximum absolute atomic E-state index is 10.7. The van der Waals surface area contributed by atoms with Crippen molar-refractivity contribution in [2.45, 2.75) is 33.1 Å². The quantitative estimate of drug-likeness (QED) is 0.652. The Morgan fingerprint density at radius 2 is 1.81 bits per heavy atom. The van der Waals surface area contributed by atoms with Gasteiger partial charge in [0.2, 0.25) is 0 Å². The molecule has 0 bridgehead atoms. The number of carboxylic acid groups (broad SMARTS) is 1. The molecule has 1 heterocycles. The van der Waals surface area contributed by atoms with Gasteiger partial charge in [-0.25, -0.2) is 4.68 Å². The van der Waals surface area contributed by atoms with E-state index in [2.05, 4.69) is 36.4 Å². The van der Waals surface area contributed by atoms with Crippen molar-refractivity contribution < 1.29 is 9.90 Å². The standard InChI is InChI=1S/C21H23N3O2/c1-15-13-17(14-16(2)19(15)9-6-10-21(25)26)22-20-11-12-24(23-20)18-7-4-3-5-8-18/h3-5,7-8,11-14H,6,9-10H2,1-2H3,(H,22,23)(H,25,26). The summed E-state index contributed by atoms with van der Waals surface area (Å²) in [5.41, 5.74) is 5.56. The molecule has 5 nitrogen and oxygen atoms in total. The van der Waals surface area contributed by atoms with Crippen molar-refractivity contribution in [1.82, 2.24) is 9.78 Å². The molecule has 3 rings (SSSR count). The van der Waals surface area contributed by atoms with Gasteiger partial charge in [0, 0.05) is 24.4 Å². The summed E-state index contributed by atoms with van der Waals surface area (Å²) in [6.07, 6.45) is 3.58. The Kier molecular flexibility index (Phi) is 5.37. The van der Waals surface area contributed by atoms with Crippen LogP contribution in [-0.4, -0.2) is 20.9 Å². The van der Waals surface area contributed by atoms with Crippen LogP contribution in [0.15, 0.2) is 54.7 Å². The maximum atomic E-state index is 10.7. The van der Waals surface area contributed by atoms with Crippen molar-refractivity contribution in [2.24, 2.45) is 0 Å². The number of aliphatic carboxylic acids is 1. The van der Waals surface area contributed by atoms with Crippen LogP contribution in [0, 0.1) is 13.8 Å². The van der Waals surface area contributed by atoms with Gasteiger partial charge >= 0.3 is 5.97 Å². The lowest BCUT2D eigenvalue weighted by Gasteiger charge is -2.13. The average molecular weight is 349 g/mol. The van der Waals surface area contributed by atoms with E-state index in [4.69, 9.17) is 5.11 Å². The van der Waals surface area contributed by atoms with Crippen molar-refractivity contribution in [2.75, 3.05) is 5.32 Å². The summed E-state index contributed by atoms with van der Waals surface area (Å²) in [5, 5.41) is 16.7. The molecule has 0 spiro atoms. The first-order valence-electron chi connectivity index (χ1n) is 8.73. The number of rotatable bonds is 7. The lowest BCUT2D eigenvalue weighted by molar-refractivity contribution is -0.137. The lowest BCUT2D eigenvalue weighted by atomic mass is 9.97. The van der Waals surface area contributed by atoms with Crippen LogP contribution in [0.4, 0.5) is 11.5 Å². The second-order valence-corrected chi connectivity index (χ2v) is 6.44. The molecule has 134 valence electrons. The Labute approximate surface area is 153 Å². The number of carboxylic acids is 1. The van der Waals surface area contributed by atoms with E-state index in [9.17, 15) is 4.79 Å². The van der Waals surface area contributed by atoms with E-state index in [0.29, 0.717) is 6.42 Å². The molecule has 1 aromatic heterocycles. The SMILES string of the molecule is Cc1cc(Nc2ccn(-c3ccccc3)n2)cc(C)c1CCCC(=O)O. The number of anilines is 2. The minimum atomic E-state index is -0.743. The Bertz CT molecular complexity index is 878. The van der Waals surface area contributed by atoms with Gasteiger partial charge in [-0.05, 0) is 67.6 Å². The topological polar surface area (TPSA) is 67.2 Å². The average Bonchev–Trinajstić information content (AvgIpc) is 3.06. The molecular formula is C21H23N3O2. The molecule has 5 heteroatoms. The molecule has 0 saturated heterocycles. The number of para-hydroxylation sites is 1. The first-order chi connectivity index (χ1) is 12.5. The van der Waals surface area contributed by atoms with Gasteiger partial charge in [-0.2, -0.15) is 5.10 Å². The van der Waals surface area contributed by atoms with Crippen LogP contribution in [0.5, 0.6) is 0 Å². The normalized spacial score (nSPS) is 10.7. The first kappa shape index (κ1) is 17.7. The van der Waals surface area contributed by atoms with E-state index in [1.54, 1.807) is 0 Å². The predicted octanol–water partition coefficient (Wildman–Crippen LogP) is 4.64. The number of hydrogen-bond acceptors (Lipinski definition) is 3. The van der Waals surface area contributed by atoms with Crippen LogP contribution in [0.2, 0.25) is 0 Å². The third-order valence-corrected chi connectivity index (χ3v) is 4.40. The number of nitrogens with one attached hydrogen (secondary N) is 1. The molecule has 0 unspecified atom stereocenters. The number of aromatic nitrogens is 2. The second-order valence-electron chi connectivity index (χ2n) is 6.44. The van der Waals surface area contributed by atoms with E-state index in [1.807, 2.05) is 47.3 Å². The van der Waals surface area contributed by atoms with E-state index in [0.717, 1.165) is 23.6 Å². The van der Waals surface area contributed by atoms with Crippen molar-refractivity contribution in [3.05, 3.63) is 71.4 Å². The predicted molar refractivity (Wildman–Crippen MR) is 103 cm³/mol. The molecule has 0 amide bonds. The van der Waals surface area contributed by atoms with Crippen LogP contribution >= 0.6 is 0 Å². The number of aryl methyl sites for hydroxylation is 2. The van der Waals surface area contributed by atoms with Crippen LogP contribution in [0.25, 0.3) is 5.69 Å². The molecule has 0 aliphatic carbocycles. The molecule has 0 fully saturated rings. The molecule has 0 aliphatic rings. The molecule has 2 aromatic carbocycles. The molecule has 3 aromatic rings. The van der Waals surface area contributed by atoms with Gasteiger partial charge in [0.15, 0.2) is 5.82 Å². The maximum Gasteiger partial charge on any atom is 0.303 e. The zero-order valence-electron chi connectivity index (χ0n) is 15.1. The zero-order chi connectivity index (χ0) is 18.5. The number of benzene rings is 2. The third-order valence-electron chi connectivity index (χ3n) is 4.40. The minimum absolute atomic E-state index is 0.204. The summed E-state index contributed by atoms with van der Waals surface area (Å²) in [5.74, 6) is 0.0406. The van der Waals surface area contributed by atoms with Gasteiger partial charge in [0.05, 0.1) is 5.69 Å². The third kappa shape index (κ3) is 4.30. The fourth-order valence-electron chi connectivity index (χ4n) is 3.14. The highest BCUT2D eigenvalue weighted by Gasteiger charge is 2.08. The van der Waals surface area contributed by atoms with Gasteiger partial charge in [-0.3, -0.25) is 4.79 Å². The van der Waals surface area contributed by atoms with E-state index >= 15 is 0 Å². The fourth-order valence-corrected chi connectivity index (χ4v) is 3.14. The lowest BCUT2D eigenvalue weighted by Crippen LogP contribution is -2.01. The fraction of sp³-hybridized carbons (Fsp3) is 0.238. The summed E-state index contributed by atoms with van der Waals surface area (Å²) < 4.78 is 1.84. The van der Waals surface area contributed by atoms with E-state index < -0.39 is 5.97 Å². The van der Waals surface area contributed by atoms with Crippen LogP contribution < -0.4 is 5.32 Å². The van der Waals surface area contributed by atoms with Crippen LogP contribution in [0.1, 0.15) is 29.5 Å². The summed E-state index contributed by atoms with van der Waals surface area (Å²) in [7, 11) is 0. The van der Waals surface area contributed by atoms with Crippen LogP contribution in [0.3, 0.4) is 0 Å². The van der Waals surface area contributed by atoms with E-state index in [1.165, 1.54) is 16.7 Å². The minimum Gasteiger partial charge on any atom is -0.481 e. The van der Waals surface area contributed by atoms with Crippen molar-refractivity contribution in [1.29, 1.82) is 0 Å². The summed E-state index contributed by atoms with van der Waals surface area (Å²) >= 11 is 0. The number of nitrogens with zero attached hydrogens (tertiary/aromatic N) is 2. The Morgan fingerprint density at radius 1 is 1.12 bits per heavy atom. The number of carbonyl (C=O) groups is 1. The summed E-state index contributed by atoms with van der Waals surface area (Å²) in [6, 6.07) is 16.1. The molecule has 0 radical (unpaired) electrons. The molecular weight excluding hydrogens is 326 g/mol. The molecule has 0 aliphatic heterocycles. The molecule has 0 atom stereocenters. The van der Waals surface area contributed by atoms with Crippen molar-refractivity contribution in [3.63, 3.8) is 0 Å². The Hall–Kier alpha value is -3.08. The Balaban J connectivity index is 1.72. The zero-order valence-corrected chi connectivity index (χ0v) is 15.1. The second kappa shape index (κ2) is 7.87. The summed E-state index contributed by atoms with van der Waals surface area (Å²) in [4.78, 5) is 10.7. The van der Waals surface area contributed by atoms with Gasteiger partial charge in [0.1, 0.15) is 0 Å². The highest BCUT2D eigenvalue weighted by Crippen LogP contribution is 2.24. The van der Waals surface area contributed by atoms with Crippen molar-refractivity contribution in [3.8, 4) is 5.69 Å².